The molecule has 96 valence electrons. The predicted molar refractivity (Wildman–Crippen MR) is 68.1 cm³/mol. The van der Waals surface area contributed by atoms with Gasteiger partial charge in [-0.15, -0.1) is 5.10 Å². The Hall–Kier alpha value is -1.46. The van der Waals surface area contributed by atoms with Crippen LogP contribution in [0.3, 0.4) is 0 Å². The molecular weight excluding hydrogens is 255 g/mol. The van der Waals surface area contributed by atoms with Crippen LogP contribution >= 0.6 is 11.6 Å². The fourth-order valence-electron chi connectivity index (χ4n) is 1.57. The summed E-state index contributed by atoms with van der Waals surface area (Å²) in [6.07, 6.45) is 1.69. The van der Waals surface area contributed by atoms with Crippen molar-refractivity contribution in [3.05, 3.63) is 40.9 Å². The molecule has 0 fully saturated rings. The minimum atomic E-state index is -0.414. The number of aromatic nitrogens is 3. The molecular formula is C12H14ClFN4. The van der Waals surface area contributed by atoms with E-state index in [0.29, 0.717) is 16.4 Å². The Kier molecular flexibility index (Phi) is 3.63. The maximum atomic E-state index is 13.2. The van der Waals surface area contributed by atoms with Crippen molar-refractivity contribution in [2.45, 2.75) is 19.9 Å². The third kappa shape index (κ3) is 2.68. The molecule has 2 rings (SSSR count). The second-order valence-corrected chi connectivity index (χ2v) is 4.92. The SMILES string of the molecule is CC(C)C(N)c1cn(-c2cc(F)cc(Cl)c2)nn1. The molecule has 0 radical (unpaired) electrons. The van der Waals surface area contributed by atoms with Crippen LogP contribution in [0.4, 0.5) is 4.39 Å². The van der Waals surface area contributed by atoms with Gasteiger partial charge in [0.15, 0.2) is 0 Å². The Bertz CT molecular complexity index is 533. The van der Waals surface area contributed by atoms with Gasteiger partial charge < -0.3 is 5.73 Å². The Morgan fingerprint density at radius 2 is 2.06 bits per heavy atom. The quantitative estimate of drug-likeness (QED) is 0.931. The summed E-state index contributed by atoms with van der Waals surface area (Å²) in [5, 5.41) is 8.24. The molecule has 0 aliphatic heterocycles. The van der Waals surface area contributed by atoms with Gasteiger partial charge in [0.25, 0.3) is 0 Å². The van der Waals surface area contributed by atoms with Gasteiger partial charge in [-0.05, 0) is 24.1 Å². The lowest BCUT2D eigenvalue weighted by Crippen LogP contribution is -2.17. The van der Waals surface area contributed by atoms with E-state index in [0.717, 1.165) is 0 Å². The number of nitrogens with two attached hydrogens (primary N) is 1. The van der Waals surface area contributed by atoms with Crippen molar-refractivity contribution in [3.63, 3.8) is 0 Å². The number of hydrogen-bond donors (Lipinski definition) is 1. The fraction of sp³-hybridized carbons (Fsp3) is 0.333. The topological polar surface area (TPSA) is 56.7 Å². The molecule has 2 aromatic rings. The van der Waals surface area contributed by atoms with Gasteiger partial charge in [-0.2, -0.15) is 0 Å². The van der Waals surface area contributed by atoms with Crippen LogP contribution in [0, 0.1) is 11.7 Å². The molecule has 1 aromatic heterocycles. The summed E-state index contributed by atoms with van der Waals surface area (Å²) in [5.41, 5.74) is 7.17. The van der Waals surface area contributed by atoms with Crippen LogP contribution in [0.1, 0.15) is 25.6 Å². The number of rotatable bonds is 3. The second kappa shape index (κ2) is 5.04. The van der Waals surface area contributed by atoms with Crippen molar-refractivity contribution >= 4 is 11.6 Å². The molecule has 6 heteroatoms. The van der Waals surface area contributed by atoms with E-state index >= 15 is 0 Å². The van der Waals surface area contributed by atoms with Crippen LogP contribution < -0.4 is 5.73 Å². The molecule has 1 atom stereocenters. The van der Waals surface area contributed by atoms with Gasteiger partial charge in [0.05, 0.1) is 17.9 Å². The molecule has 0 spiro atoms. The number of benzene rings is 1. The van der Waals surface area contributed by atoms with Crippen molar-refractivity contribution < 1.29 is 4.39 Å². The summed E-state index contributed by atoms with van der Waals surface area (Å²) >= 11 is 5.79. The smallest absolute Gasteiger partial charge is 0.126 e. The third-order valence-electron chi connectivity index (χ3n) is 2.68. The van der Waals surface area contributed by atoms with Gasteiger partial charge in [0.2, 0.25) is 0 Å². The molecule has 0 amide bonds. The monoisotopic (exact) mass is 268 g/mol. The van der Waals surface area contributed by atoms with Crippen molar-refractivity contribution in [1.29, 1.82) is 0 Å². The first-order valence-electron chi connectivity index (χ1n) is 5.61. The summed E-state index contributed by atoms with van der Waals surface area (Å²) < 4.78 is 14.7. The summed E-state index contributed by atoms with van der Waals surface area (Å²) in [4.78, 5) is 0. The number of hydrogen-bond acceptors (Lipinski definition) is 3. The highest BCUT2D eigenvalue weighted by Gasteiger charge is 2.15. The number of nitrogens with zero attached hydrogens (tertiary/aromatic N) is 3. The van der Waals surface area contributed by atoms with Crippen molar-refractivity contribution in [1.82, 2.24) is 15.0 Å². The van der Waals surface area contributed by atoms with Crippen LogP contribution in [-0.4, -0.2) is 15.0 Å². The average Bonchev–Trinajstić information content (AvgIpc) is 2.75. The second-order valence-electron chi connectivity index (χ2n) is 4.49. The fourth-order valence-corrected chi connectivity index (χ4v) is 1.78. The van der Waals surface area contributed by atoms with E-state index in [1.165, 1.54) is 16.8 Å². The van der Waals surface area contributed by atoms with E-state index < -0.39 is 5.82 Å². The van der Waals surface area contributed by atoms with Crippen molar-refractivity contribution in [2.24, 2.45) is 11.7 Å². The molecule has 0 saturated heterocycles. The first-order chi connectivity index (χ1) is 8.47. The van der Waals surface area contributed by atoms with E-state index in [1.807, 2.05) is 13.8 Å². The summed E-state index contributed by atoms with van der Waals surface area (Å²) in [7, 11) is 0. The standard InChI is InChI=1S/C12H14ClFN4/c1-7(2)12(15)11-6-18(17-16-11)10-4-8(13)3-9(14)5-10/h3-7,12H,15H2,1-2H3. The van der Waals surface area contributed by atoms with Gasteiger partial charge in [-0.25, -0.2) is 9.07 Å². The van der Waals surface area contributed by atoms with E-state index in [4.69, 9.17) is 17.3 Å². The lowest BCUT2D eigenvalue weighted by atomic mass is 10.0. The molecule has 1 aromatic carbocycles. The minimum absolute atomic E-state index is 0.192. The molecule has 1 heterocycles. The molecule has 2 N–H and O–H groups in total. The van der Waals surface area contributed by atoms with Crippen LogP contribution in [0.5, 0.6) is 0 Å². The van der Waals surface area contributed by atoms with Crippen LogP contribution in [0.2, 0.25) is 5.02 Å². The zero-order valence-electron chi connectivity index (χ0n) is 10.1. The van der Waals surface area contributed by atoms with Gasteiger partial charge in [0.1, 0.15) is 11.5 Å². The highest BCUT2D eigenvalue weighted by Crippen LogP contribution is 2.20. The summed E-state index contributed by atoms with van der Waals surface area (Å²) in [6.45, 7) is 4.01. The largest absolute Gasteiger partial charge is 0.322 e. The molecule has 0 bridgehead atoms. The summed E-state index contributed by atoms with van der Waals surface area (Å²) in [6, 6.07) is 4.00. The zero-order valence-corrected chi connectivity index (χ0v) is 10.9. The van der Waals surface area contributed by atoms with Gasteiger partial charge >= 0.3 is 0 Å². The average molecular weight is 269 g/mol. The van der Waals surface area contributed by atoms with Crippen molar-refractivity contribution in [3.8, 4) is 5.69 Å². The maximum absolute atomic E-state index is 13.2. The Labute approximate surface area is 110 Å². The molecule has 1 unspecified atom stereocenters. The summed E-state index contributed by atoms with van der Waals surface area (Å²) in [5.74, 6) is -0.158. The van der Waals surface area contributed by atoms with E-state index in [9.17, 15) is 4.39 Å². The van der Waals surface area contributed by atoms with E-state index in [1.54, 1.807) is 12.3 Å². The molecule has 0 aliphatic rings. The molecule has 0 aliphatic carbocycles. The van der Waals surface area contributed by atoms with Crippen molar-refractivity contribution in [2.75, 3.05) is 0 Å². The highest BCUT2D eigenvalue weighted by atomic mass is 35.5. The Morgan fingerprint density at radius 3 is 2.67 bits per heavy atom. The lowest BCUT2D eigenvalue weighted by Gasteiger charge is -2.11. The van der Waals surface area contributed by atoms with Gasteiger partial charge in [0, 0.05) is 5.02 Å². The van der Waals surface area contributed by atoms with Gasteiger partial charge in [-0.3, -0.25) is 0 Å². The van der Waals surface area contributed by atoms with Gasteiger partial charge in [-0.1, -0.05) is 30.7 Å². The molecule has 0 saturated carbocycles. The first-order valence-corrected chi connectivity index (χ1v) is 5.99. The molecule has 18 heavy (non-hydrogen) atoms. The minimum Gasteiger partial charge on any atom is -0.322 e. The van der Waals surface area contributed by atoms with Crippen LogP contribution in [0.15, 0.2) is 24.4 Å². The maximum Gasteiger partial charge on any atom is 0.126 e. The van der Waals surface area contributed by atoms with Crippen LogP contribution in [0.25, 0.3) is 5.69 Å². The molecule has 4 nitrogen and oxygen atoms in total. The van der Waals surface area contributed by atoms with E-state index in [-0.39, 0.29) is 12.0 Å². The zero-order chi connectivity index (χ0) is 13.3. The number of halogens is 2. The lowest BCUT2D eigenvalue weighted by molar-refractivity contribution is 0.502. The Morgan fingerprint density at radius 1 is 1.33 bits per heavy atom. The van der Waals surface area contributed by atoms with Crippen LogP contribution in [-0.2, 0) is 0 Å². The third-order valence-corrected chi connectivity index (χ3v) is 2.90. The van der Waals surface area contributed by atoms with E-state index in [2.05, 4.69) is 10.3 Å². The highest BCUT2D eigenvalue weighted by molar-refractivity contribution is 6.30. The normalized spacial score (nSPS) is 13.0. The predicted octanol–water partition coefficient (Wildman–Crippen LogP) is 2.72. The Balaban J connectivity index is 2.35. The first kappa shape index (κ1) is 13.0.